The Balaban J connectivity index is 1.81. The van der Waals surface area contributed by atoms with Crippen LogP contribution in [0.4, 0.5) is 0 Å². The van der Waals surface area contributed by atoms with E-state index in [-0.39, 0.29) is 6.10 Å². The van der Waals surface area contributed by atoms with Gasteiger partial charge in [-0.2, -0.15) is 0 Å². The van der Waals surface area contributed by atoms with Gasteiger partial charge in [-0.05, 0) is 68.2 Å². The Kier molecular flexibility index (Phi) is 5.46. The zero-order valence-corrected chi connectivity index (χ0v) is 11.6. The van der Waals surface area contributed by atoms with Crippen LogP contribution in [-0.4, -0.2) is 11.7 Å². The summed E-state index contributed by atoms with van der Waals surface area (Å²) in [5, 5.41) is 9.99. The summed E-state index contributed by atoms with van der Waals surface area (Å²) >= 11 is 0. The summed E-state index contributed by atoms with van der Waals surface area (Å²) in [6, 6.07) is 6.15. The maximum absolute atomic E-state index is 9.99. The number of fused-ring (bicyclic) bond motifs is 1. The highest BCUT2D eigenvalue weighted by Crippen LogP contribution is 2.32. The molecular weight excluding hydrogens is 236 g/mol. The van der Waals surface area contributed by atoms with Crippen molar-refractivity contribution in [2.75, 3.05) is 6.61 Å². The first-order valence-electron chi connectivity index (χ1n) is 7.36. The second kappa shape index (κ2) is 7.34. The number of aliphatic hydroxyl groups is 1. The van der Waals surface area contributed by atoms with Gasteiger partial charge in [0.1, 0.15) is 5.75 Å². The SMILES string of the molecule is C=CCCCCCOc1ccc2c(c1)[C@H](O)CCC2. The predicted octanol–water partition coefficient (Wildman–Crippen LogP) is 4.18. The van der Waals surface area contributed by atoms with Crippen LogP contribution >= 0.6 is 0 Å². The summed E-state index contributed by atoms with van der Waals surface area (Å²) in [6.07, 6.45) is 9.23. The smallest absolute Gasteiger partial charge is 0.119 e. The van der Waals surface area contributed by atoms with Gasteiger partial charge in [-0.1, -0.05) is 12.1 Å². The molecule has 0 aliphatic heterocycles. The van der Waals surface area contributed by atoms with E-state index < -0.39 is 0 Å². The minimum atomic E-state index is -0.306. The first-order chi connectivity index (χ1) is 9.31. The number of ether oxygens (including phenoxy) is 1. The molecule has 0 amide bonds. The molecule has 0 heterocycles. The summed E-state index contributed by atoms with van der Waals surface area (Å²) < 4.78 is 5.76. The first-order valence-corrected chi connectivity index (χ1v) is 7.36. The van der Waals surface area contributed by atoms with Crippen molar-refractivity contribution in [2.24, 2.45) is 0 Å². The van der Waals surface area contributed by atoms with E-state index in [0.717, 1.165) is 50.0 Å². The molecule has 1 aliphatic carbocycles. The molecule has 0 radical (unpaired) electrons. The third kappa shape index (κ3) is 4.10. The summed E-state index contributed by atoms with van der Waals surface area (Å²) in [7, 11) is 0. The number of aliphatic hydroxyl groups excluding tert-OH is 1. The Bertz CT molecular complexity index is 412. The molecule has 2 rings (SSSR count). The van der Waals surface area contributed by atoms with Crippen molar-refractivity contribution in [2.45, 2.75) is 51.0 Å². The van der Waals surface area contributed by atoms with Crippen LogP contribution in [0.5, 0.6) is 5.75 Å². The van der Waals surface area contributed by atoms with Crippen LogP contribution in [0, 0.1) is 0 Å². The fourth-order valence-electron chi connectivity index (χ4n) is 2.60. The molecule has 0 saturated heterocycles. The van der Waals surface area contributed by atoms with E-state index in [1.165, 1.54) is 18.4 Å². The number of unbranched alkanes of at least 4 members (excludes halogenated alkanes) is 3. The van der Waals surface area contributed by atoms with Crippen molar-refractivity contribution in [3.63, 3.8) is 0 Å². The number of hydrogen-bond acceptors (Lipinski definition) is 2. The molecule has 1 aromatic rings. The molecule has 2 heteroatoms. The molecule has 104 valence electrons. The van der Waals surface area contributed by atoms with Gasteiger partial charge in [0.05, 0.1) is 12.7 Å². The minimum absolute atomic E-state index is 0.306. The first kappa shape index (κ1) is 14.1. The number of aryl methyl sites for hydroxylation is 1. The van der Waals surface area contributed by atoms with Crippen LogP contribution in [-0.2, 0) is 6.42 Å². The van der Waals surface area contributed by atoms with E-state index in [1.54, 1.807) is 0 Å². The predicted molar refractivity (Wildman–Crippen MR) is 78.5 cm³/mol. The van der Waals surface area contributed by atoms with Gasteiger partial charge in [-0.25, -0.2) is 0 Å². The van der Waals surface area contributed by atoms with Gasteiger partial charge in [0.25, 0.3) is 0 Å². The van der Waals surface area contributed by atoms with E-state index in [0.29, 0.717) is 0 Å². The number of benzene rings is 1. The fraction of sp³-hybridized carbons (Fsp3) is 0.529. The van der Waals surface area contributed by atoms with Crippen LogP contribution < -0.4 is 4.74 Å². The lowest BCUT2D eigenvalue weighted by Gasteiger charge is -2.22. The molecule has 1 aromatic carbocycles. The number of hydrogen-bond donors (Lipinski definition) is 1. The summed E-state index contributed by atoms with van der Waals surface area (Å²) in [4.78, 5) is 0. The van der Waals surface area contributed by atoms with Crippen molar-refractivity contribution in [1.29, 1.82) is 0 Å². The average molecular weight is 260 g/mol. The molecule has 19 heavy (non-hydrogen) atoms. The van der Waals surface area contributed by atoms with Crippen LogP contribution in [0.2, 0.25) is 0 Å². The standard InChI is InChI=1S/C17H24O2/c1-2-3-4-5-6-12-19-15-11-10-14-8-7-9-17(18)16(14)13-15/h2,10-11,13,17-18H,1,3-9,12H2/t17-/m1/s1. The minimum Gasteiger partial charge on any atom is -0.494 e. The van der Waals surface area contributed by atoms with Gasteiger partial charge >= 0.3 is 0 Å². The van der Waals surface area contributed by atoms with Crippen molar-refractivity contribution in [3.8, 4) is 5.75 Å². The van der Waals surface area contributed by atoms with Crippen molar-refractivity contribution in [3.05, 3.63) is 42.0 Å². The molecule has 1 N–H and O–H groups in total. The normalized spacial score (nSPS) is 17.8. The van der Waals surface area contributed by atoms with Crippen LogP contribution in [0.3, 0.4) is 0 Å². The molecule has 0 spiro atoms. The van der Waals surface area contributed by atoms with Gasteiger partial charge in [-0.3, -0.25) is 0 Å². The highest BCUT2D eigenvalue weighted by molar-refractivity contribution is 5.38. The summed E-state index contributed by atoms with van der Waals surface area (Å²) in [5.41, 5.74) is 2.34. The van der Waals surface area contributed by atoms with E-state index in [2.05, 4.69) is 12.6 Å². The maximum atomic E-state index is 9.99. The third-order valence-electron chi connectivity index (χ3n) is 3.72. The van der Waals surface area contributed by atoms with Gasteiger partial charge in [0.2, 0.25) is 0 Å². The average Bonchev–Trinajstić information content (AvgIpc) is 2.43. The molecule has 2 nitrogen and oxygen atoms in total. The molecule has 0 unspecified atom stereocenters. The number of allylic oxidation sites excluding steroid dienone is 1. The van der Waals surface area contributed by atoms with E-state index >= 15 is 0 Å². The molecule has 0 aromatic heterocycles. The lowest BCUT2D eigenvalue weighted by Crippen LogP contribution is -2.09. The van der Waals surface area contributed by atoms with E-state index in [4.69, 9.17) is 4.74 Å². The van der Waals surface area contributed by atoms with Crippen molar-refractivity contribution >= 4 is 0 Å². The molecule has 1 aliphatic rings. The van der Waals surface area contributed by atoms with Crippen LogP contribution in [0.15, 0.2) is 30.9 Å². The highest BCUT2D eigenvalue weighted by Gasteiger charge is 2.18. The molecule has 0 fully saturated rings. The third-order valence-corrected chi connectivity index (χ3v) is 3.72. The summed E-state index contributed by atoms with van der Waals surface area (Å²) in [6.45, 7) is 4.48. The van der Waals surface area contributed by atoms with Crippen molar-refractivity contribution < 1.29 is 9.84 Å². The zero-order valence-electron chi connectivity index (χ0n) is 11.6. The van der Waals surface area contributed by atoms with E-state index in [9.17, 15) is 5.11 Å². The second-order valence-electron chi connectivity index (χ2n) is 5.26. The van der Waals surface area contributed by atoms with Crippen LogP contribution in [0.1, 0.15) is 55.8 Å². The zero-order chi connectivity index (χ0) is 13.5. The Morgan fingerprint density at radius 2 is 2.21 bits per heavy atom. The molecule has 0 saturated carbocycles. The van der Waals surface area contributed by atoms with Gasteiger partial charge in [0, 0.05) is 0 Å². The second-order valence-corrected chi connectivity index (χ2v) is 5.26. The Hall–Kier alpha value is -1.28. The van der Waals surface area contributed by atoms with Gasteiger partial charge in [0.15, 0.2) is 0 Å². The van der Waals surface area contributed by atoms with E-state index in [1.807, 2.05) is 18.2 Å². The number of rotatable bonds is 7. The molecule has 0 bridgehead atoms. The Morgan fingerprint density at radius 3 is 3.05 bits per heavy atom. The van der Waals surface area contributed by atoms with Crippen LogP contribution in [0.25, 0.3) is 0 Å². The maximum Gasteiger partial charge on any atom is 0.119 e. The lowest BCUT2D eigenvalue weighted by atomic mass is 9.89. The lowest BCUT2D eigenvalue weighted by molar-refractivity contribution is 0.156. The largest absolute Gasteiger partial charge is 0.494 e. The monoisotopic (exact) mass is 260 g/mol. The quantitative estimate of drug-likeness (QED) is 0.588. The van der Waals surface area contributed by atoms with Gasteiger partial charge in [-0.15, -0.1) is 6.58 Å². The topological polar surface area (TPSA) is 29.5 Å². The highest BCUT2D eigenvalue weighted by atomic mass is 16.5. The molecular formula is C17H24O2. The van der Waals surface area contributed by atoms with Gasteiger partial charge < -0.3 is 9.84 Å². The Labute approximate surface area is 116 Å². The molecule has 1 atom stereocenters. The fourth-order valence-corrected chi connectivity index (χ4v) is 2.60. The van der Waals surface area contributed by atoms with Crippen molar-refractivity contribution in [1.82, 2.24) is 0 Å². The Morgan fingerprint density at radius 1 is 1.32 bits per heavy atom. The summed E-state index contributed by atoms with van der Waals surface area (Å²) in [5.74, 6) is 0.892.